The minimum absolute atomic E-state index is 0.696. The van der Waals surface area contributed by atoms with E-state index in [1.807, 2.05) is 30.3 Å². The van der Waals surface area contributed by atoms with Crippen molar-refractivity contribution in [3.63, 3.8) is 0 Å². The quantitative estimate of drug-likeness (QED) is 0.817. The van der Waals surface area contributed by atoms with Gasteiger partial charge in [0.2, 0.25) is 0 Å². The summed E-state index contributed by atoms with van der Waals surface area (Å²) >= 11 is 0. The van der Waals surface area contributed by atoms with Gasteiger partial charge in [-0.1, -0.05) is 25.1 Å². The molecule has 0 atom stereocenters. The van der Waals surface area contributed by atoms with Gasteiger partial charge in [-0.15, -0.1) is 0 Å². The van der Waals surface area contributed by atoms with Gasteiger partial charge in [0, 0.05) is 25.0 Å². The number of hydrogen-bond acceptors (Lipinski definition) is 4. The average molecular weight is 282 g/mol. The zero-order chi connectivity index (χ0) is 15.2. The number of likely N-dealkylation sites (N-methyl/N-ethyl adjacent to an activating group) is 1. The Kier molecular flexibility index (Phi) is 5.13. The van der Waals surface area contributed by atoms with E-state index in [9.17, 15) is 5.26 Å². The average Bonchev–Trinajstić information content (AvgIpc) is 2.50. The van der Waals surface area contributed by atoms with E-state index < -0.39 is 0 Å². The molecule has 21 heavy (non-hydrogen) atoms. The molecule has 0 aliphatic carbocycles. The lowest BCUT2D eigenvalue weighted by Gasteiger charge is -2.25. The summed E-state index contributed by atoms with van der Waals surface area (Å²) < 4.78 is 0. The first-order valence-corrected chi connectivity index (χ1v) is 7.35. The van der Waals surface area contributed by atoms with Gasteiger partial charge in [-0.3, -0.25) is 0 Å². The van der Waals surface area contributed by atoms with Gasteiger partial charge in [-0.25, -0.2) is 4.98 Å². The van der Waals surface area contributed by atoms with Crippen molar-refractivity contribution in [2.45, 2.75) is 13.3 Å². The van der Waals surface area contributed by atoms with E-state index in [0.717, 1.165) is 42.8 Å². The molecule has 4 heteroatoms. The number of nitriles is 1. The van der Waals surface area contributed by atoms with Crippen molar-refractivity contribution in [1.82, 2.24) is 9.88 Å². The fourth-order valence-electron chi connectivity index (χ4n) is 2.35. The number of anilines is 1. The predicted molar refractivity (Wildman–Crippen MR) is 87.5 cm³/mol. The summed E-state index contributed by atoms with van der Waals surface area (Å²) in [5.74, 6) is 0.897. The van der Waals surface area contributed by atoms with Crippen LogP contribution in [0.2, 0.25) is 0 Å². The number of benzene rings is 1. The summed E-state index contributed by atoms with van der Waals surface area (Å²) in [4.78, 5) is 9.16. The van der Waals surface area contributed by atoms with Gasteiger partial charge in [0.15, 0.2) is 0 Å². The maximum absolute atomic E-state index is 9.39. The van der Waals surface area contributed by atoms with Crippen molar-refractivity contribution in [1.29, 1.82) is 5.26 Å². The third-order valence-corrected chi connectivity index (χ3v) is 3.46. The lowest BCUT2D eigenvalue weighted by molar-refractivity contribution is 0.412. The monoisotopic (exact) mass is 282 g/mol. The minimum atomic E-state index is 0.696. The Labute approximate surface area is 126 Å². The van der Waals surface area contributed by atoms with Gasteiger partial charge in [-0.2, -0.15) is 5.26 Å². The molecular formula is C17H22N4. The molecular weight excluding hydrogens is 260 g/mol. The Morgan fingerprint density at radius 2 is 1.90 bits per heavy atom. The van der Waals surface area contributed by atoms with Gasteiger partial charge in [-0.05, 0) is 32.6 Å². The molecule has 110 valence electrons. The number of fused-ring (bicyclic) bond motifs is 1. The van der Waals surface area contributed by atoms with E-state index in [4.69, 9.17) is 4.98 Å². The van der Waals surface area contributed by atoms with Crippen LogP contribution in [0.5, 0.6) is 0 Å². The molecule has 0 saturated carbocycles. The second-order valence-corrected chi connectivity index (χ2v) is 5.45. The lowest BCUT2D eigenvalue weighted by Crippen LogP contribution is -2.33. The highest BCUT2D eigenvalue weighted by Crippen LogP contribution is 2.22. The molecule has 0 N–H and O–H groups in total. The van der Waals surface area contributed by atoms with E-state index in [1.165, 1.54) is 0 Å². The van der Waals surface area contributed by atoms with Crippen molar-refractivity contribution in [3.8, 4) is 6.07 Å². The highest BCUT2D eigenvalue weighted by atomic mass is 15.2. The summed E-state index contributed by atoms with van der Waals surface area (Å²) in [6.45, 7) is 4.99. The first-order valence-electron chi connectivity index (χ1n) is 7.35. The molecule has 1 aromatic heterocycles. The number of nitrogens with zero attached hydrogens (tertiary/aromatic N) is 4. The van der Waals surface area contributed by atoms with Crippen LogP contribution in [0.4, 0.5) is 5.82 Å². The molecule has 0 fully saturated rings. The highest BCUT2D eigenvalue weighted by molar-refractivity contribution is 5.86. The van der Waals surface area contributed by atoms with Gasteiger partial charge in [0.05, 0.1) is 17.1 Å². The van der Waals surface area contributed by atoms with E-state index in [1.54, 1.807) is 0 Å². The normalized spacial score (nSPS) is 10.8. The molecule has 0 spiro atoms. The van der Waals surface area contributed by atoms with Gasteiger partial charge in [0.25, 0.3) is 0 Å². The zero-order valence-electron chi connectivity index (χ0n) is 13.0. The summed E-state index contributed by atoms with van der Waals surface area (Å²) in [6, 6.07) is 12.0. The lowest BCUT2D eigenvalue weighted by atomic mass is 10.1. The Hall–Kier alpha value is -2.12. The van der Waals surface area contributed by atoms with Crippen LogP contribution in [-0.4, -0.2) is 43.6 Å². The Bertz CT molecular complexity index is 643. The molecule has 2 rings (SSSR count). The van der Waals surface area contributed by atoms with Crippen LogP contribution in [0, 0.1) is 11.3 Å². The highest BCUT2D eigenvalue weighted by Gasteiger charge is 2.11. The van der Waals surface area contributed by atoms with E-state index in [-0.39, 0.29) is 0 Å². The van der Waals surface area contributed by atoms with E-state index in [2.05, 4.69) is 36.9 Å². The smallest absolute Gasteiger partial charge is 0.130 e. The number of hydrogen-bond donors (Lipinski definition) is 0. The first kappa shape index (κ1) is 15.3. The molecule has 1 heterocycles. The predicted octanol–water partition coefficient (Wildman–Crippen LogP) is 2.88. The topological polar surface area (TPSA) is 43.2 Å². The molecule has 0 aliphatic heterocycles. The van der Waals surface area contributed by atoms with Crippen LogP contribution in [0.25, 0.3) is 10.9 Å². The Balaban J connectivity index is 2.40. The number of pyridine rings is 1. The van der Waals surface area contributed by atoms with Crippen LogP contribution in [0.15, 0.2) is 30.3 Å². The number of aromatic nitrogens is 1. The van der Waals surface area contributed by atoms with E-state index in [0.29, 0.717) is 5.56 Å². The molecule has 0 bridgehead atoms. The van der Waals surface area contributed by atoms with Gasteiger partial charge in [0.1, 0.15) is 5.82 Å². The molecule has 0 radical (unpaired) electrons. The minimum Gasteiger partial charge on any atom is -0.355 e. The largest absolute Gasteiger partial charge is 0.355 e. The standard InChI is InChI=1S/C17H22N4/c1-4-9-21(11-10-20(2)3)17-12-14(13-18)15-7-5-6-8-16(15)19-17/h5-8,12H,4,9-11H2,1-3H3. The third kappa shape index (κ3) is 3.71. The zero-order valence-corrected chi connectivity index (χ0v) is 13.0. The van der Waals surface area contributed by atoms with Crippen molar-refractivity contribution in [3.05, 3.63) is 35.9 Å². The Morgan fingerprint density at radius 1 is 1.14 bits per heavy atom. The second kappa shape index (κ2) is 7.05. The molecule has 0 unspecified atom stereocenters. The first-order chi connectivity index (χ1) is 10.2. The van der Waals surface area contributed by atoms with E-state index >= 15 is 0 Å². The summed E-state index contributed by atoms with van der Waals surface area (Å²) in [5, 5.41) is 10.3. The third-order valence-electron chi connectivity index (χ3n) is 3.46. The van der Waals surface area contributed by atoms with Crippen LogP contribution >= 0.6 is 0 Å². The Morgan fingerprint density at radius 3 is 2.57 bits per heavy atom. The molecule has 4 nitrogen and oxygen atoms in total. The maximum Gasteiger partial charge on any atom is 0.130 e. The van der Waals surface area contributed by atoms with Crippen molar-refractivity contribution >= 4 is 16.7 Å². The summed E-state index contributed by atoms with van der Waals surface area (Å²) in [5.41, 5.74) is 1.58. The summed E-state index contributed by atoms with van der Waals surface area (Å²) in [6.07, 6.45) is 1.06. The van der Waals surface area contributed by atoms with Gasteiger partial charge >= 0.3 is 0 Å². The number of rotatable bonds is 6. The maximum atomic E-state index is 9.39. The van der Waals surface area contributed by atoms with Crippen LogP contribution < -0.4 is 4.90 Å². The van der Waals surface area contributed by atoms with Gasteiger partial charge < -0.3 is 9.80 Å². The molecule has 0 saturated heterocycles. The fraction of sp³-hybridized carbons (Fsp3) is 0.412. The molecule has 0 amide bonds. The van der Waals surface area contributed by atoms with Crippen LogP contribution in [-0.2, 0) is 0 Å². The summed E-state index contributed by atoms with van der Waals surface area (Å²) in [7, 11) is 4.14. The molecule has 0 aliphatic rings. The van der Waals surface area contributed by atoms with Crippen LogP contribution in [0.3, 0.4) is 0 Å². The number of para-hydroxylation sites is 1. The SMILES string of the molecule is CCCN(CCN(C)C)c1cc(C#N)c2ccccc2n1. The van der Waals surface area contributed by atoms with Crippen molar-refractivity contribution < 1.29 is 0 Å². The second-order valence-electron chi connectivity index (χ2n) is 5.45. The van der Waals surface area contributed by atoms with Crippen molar-refractivity contribution in [2.24, 2.45) is 0 Å². The molecule has 2 aromatic rings. The van der Waals surface area contributed by atoms with Crippen molar-refractivity contribution in [2.75, 3.05) is 38.6 Å². The molecule has 1 aromatic carbocycles. The van der Waals surface area contributed by atoms with Crippen LogP contribution in [0.1, 0.15) is 18.9 Å². The fourth-order valence-corrected chi connectivity index (χ4v) is 2.35.